The van der Waals surface area contributed by atoms with Crippen molar-refractivity contribution in [3.63, 3.8) is 0 Å². The first-order chi connectivity index (χ1) is 8.61. The Bertz CT molecular complexity index is 407. The smallest absolute Gasteiger partial charge is 0.120 e. The first kappa shape index (κ1) is 13.8. The van der Waals surface area contributed by atoms with Gasteiger partial charge in [-0.05, 0) is 44.6 Å². The van der Waals surface area contributed by atoms with E-state index in [2.05, 4.69) is 24.6 Å². The number of nitrogens with one attached hydrogen (secondary N) is 1. The summed E-state index contributed by atoms with van der Waals surface area (Å²) >= 11 is 1.96. The molecule has 0 bridgehead atoms. The van der Waals surface area contributed by atoms with Crippen LogP contribution in [-0.2, 0) is 0 Å². The predicted octanol–water partition coefficient (Wildman–Crippen LogP) is 3.64. The zero-order valence-electron chi connectivity index (χ0n) is 11.4. The molecule has 0 aromatic heterocycles. The maximum atomic E-state index is 10.0. The van der Waals surface area contributed by atoms with Gasteiger partial charge >= 0.3 is 0 Å². The summed E-state index contributed by atoms with van der Waals surface area (Å²) in [6.45, 7) is 4.14. The van der Waals surface area contributed by atoms with Crippen LogP contribution >= 0.6 is 11.8 Å². The second-order valence-electron chi connectivity index (χ2n) is 5.26. The Hall–Kier alpha value is -0.670. The van der Waals surface area contributed by atoms with Crippen molar-refractivity contribution in [2.45, 2.75) is 50.4 Å². The lowest BCUT2D eigenvalue weighted by atomic mass is 10.0. The largest absolute Gasteiger partial charge is 0.508 e. The average Bonchev–Trinajstić information content (AvgIpc) is 2.76. The summed E-state index contributed by atoms with van der Waals surface area (Å²) in [5, 5.41) is 14.4. The monoisotopic (exact) mass is 265 g/mol. The Morgan fingerprint density at radius 1 is 1.39 bits per heavy atom. The van der Waals surface area contributed by atoms with E-state index in [0.29, 0.717) is 11.8 Å². The summed E-state index contributed by atoms with van der Waals surface area (Å²) in [6, 6.07) is 6.73. The number of phenolic OH excluding ortho intramolecular Hbond substituents is 1. The van der Waals surface area contributed by atoms with Crippen molar-refractivity contribution in [1.29, 1.82) is 0 Å². The van der Waals surface area contributed by atoms with Crippen molar-refractivity contribution in [3.05, 3.63) is 29.3 Å². The summed E-state index contributed by atoms with van der Waals surface area (Å²) in [7, 11) is 0. The second kappa shape index (κ2) is 5.98. The van der Waals surface area contributed by atoms with Gasteiger partial charge in [0.15, 0.2) is 0 Å². The molecule has 1 fully saturated rings. The molecule has 1 aromatic rings. The molecular weight excluding hydrogens is 242 g/mol. The highest BCUT2D eigenvalue weighted by Gasteiger charge is 2.28. The van der Waals surface area contributed by atoms with Gasteiger partial charge in [-0.2, -0.15) is 11.8 Å². The Kier molecular flexibility index (Phi) is 4.57. The van der Waals surface area contributed by atoms with Gasteiger partial charge in [-0.1, -0.05) is 18.6 Å². The molecule has 3 heteroatoms. The van der Waals surface area contributed by atoms with E-state index in [1.165, 1.54) is 19.3 Å². The van der Waals surface area contributed by atoms with Crippen LogP contribution in [0.15, 0.2) is 18.2 Å². The molecule has 3 unspecified atom stereocenters. The van der Waals surface area contributed by atoms with Gasteiger partial charge in [0.2, 0.25) is 0 Å². The van der Waals surface area contributed by atoms with Crippen molar-refractivity contribution < 1.29 is 5.11 Å². The number of rotatable bonds is 4. The number of hydrogen-bond donors (Lipinski definition) is 2. The average molecular weight is 265 g/mol. The van der Waals surface area contributed by atoms with Gasteiger partial charge in [0, 0.05) is 22.9 Å². The van der Waals surface area contributed by atoms with Gasteiger partial charge in [0.1, 0.15) is 5.75 Å². The maximum Gasteiger partial charge on any atom is 0.120 e. The fourth-order valence-electron chi connectivity index (χ4n) is 2.83. The lowest BCUT2D eigenvalue weighted by molar-refractivity contribution is 0.429. The highest BCUT2D eigenvalue weighted by atomic mass is 32.2. The number of aromatic hydroxyl groups is 1. The molecule has 0 saturated heterocycles. The summed E-state index contributed by atoms with van der Waals surface area (Å²) in [5.41, 5.74) is 2.11. The topological polar surface area (TPSA) is 32.3 Å². The summed E-state index contributed by atoms with van der Waals surface area (Å²) in [5.74, 6) is 0.411. The fraction of sp³-hybridized carbons (Fsp3) is 0.600. The van der Waals surface area contributed by atoms with Gasteiger partial charge in [-0.15, -0.1) is 0 Å². The van der Waals surface area contributed by atoms with E-state index in [-0.39, 0.29) is 6.04 Å². The molecule has 1 aromatic carbocycles. The first-order valence-corrected chi connectivity index (χ1v) is 7.99. The van der Waals surface area contributed by atoms with Crippen molar-refractivity contribution in [1.82, 2.24) is 5.32 Å². The van der Waals surface area contributed by atoms with Gasteiger partial charge in [0.25, 0.3) is 0 Å². The molecule has 2 N–H and O–H groups in total. The van der Waals surface area contributed by atoms with Gasteiger partial charge in [-0.3, -0.25) is 0 Å². The molecule has 2 rings (SSSR count). The van der Waals surface area contributed by atoms with Gasteiger partial charge < -0.3 is 10.4 Å². The Balaban J connectivity index is 2.05. The van der Waals surface area contributed by atoms with Gasteiger partial charge in [-0.25, -0.2) is 0 Å². The lowest BCUT2D eigenvalue weighted by Crippen LogP contribution is -2.35. The molecule has 1 aliphatic rings. The fourth-order valence-corrected chi connectivity index (χ4v) is 3.78. The number of hydrogen-bond acceptors (Lipinski definition) is 3. The molecule has 3 atom stereocenters. The van der Waals surface area contributed by atoms with Crippen molar-refractivity contribution in [2.24, 2.45) is 0 Å². The third-order valence-corrected chi connectivity index (χ3v) is 5.04. The number of aryl methyl sites for hydroxylation is 1. The van der Waals surface area contributed by atoms with Crippen LogP contribution in [-0.4, -0.2) is 22.7 Å². The van der Waals surface area contributed by atoms with Crippen LogP contribution in [0.1, 0.15) is 43.4 Å². The molecule has 100 valence electrons. The second-order valence-corrected chi connectivity index (χ2v) is 6.34. The van der Waals surface area contributed by atoms with Crippen molar-refractivity contribution in [3.8, 4) is 5.75 Å². The predicted molar refractivity (Wildman–Crippen MR) is 79.3 cm³/mol. The van der Waals surface area contributed by atoms with E-state index in [0.717, 1.165) is 16.4 Å². The molecular formula is C15H23NOS. The van der Waals surface area contributed by atoms with Gasteiger partial charge in [0.05, 0.1) is 0 Å². The highest BCUT2D eigenvalue weighted by molar-refractivity contribution is 7.99. The molecule has 18 heavy (non-hydrogen) atoms. The van der Waals surface area contributed by atoms with Crippen LogP contribution in [0, 0.1) is 6.92 Å². The van der Waals surface area contributed by atoms with E-state index in [4.69, 9.17) is 0 Å². The van der Waals surface area contributed by atoms with Crippen LogP contribution in [0.2, 0.25) is 0 Å². The quantitative estimate of drug-likeness (QED) is 0.872. The molecule has 0 amide bonds. The standard InChI is InChI=1S/C15H23NOS/c1-10-7-8-12(14(17)9-10)11(2)16-13-5-4-6-15(13)18-3/h7-9,11,13,15-17H,4-6H2,1-3H3. The van der Waals surface area contributed by atoms with Crippen LogP contribution < -0.4 is 5.32 Å². The summed E-state index contributed by atoms with van der Waals surface area (Å²) in [4.78, 5) is 0. The van der Waals surface area contributed by atoms with E-state index in [1.807, 2.05) is 30.8 Å². The SMILES string of the molecule is CSC1CCCC1NC(C)c1ccc(C)cc1O. The molecule has 0 spiro atoms. The minimum atomic E-state index is 0.211. The van der Waals surface area contributed by atoms with Crippen LogP contribution in [0.4, 0.5) is 0 Å². The lowest BCUT2D eigenvalue weighted by Gasteiger charge is -2.24. The zero-order chi connectivity index (χ0) is 13.1. The van der Waals surface area contributed by atoms with E-state index < -0.39 is 0 Å². The first-order valence-electron chi connectivity index (χ1n) is 6.70. The molecule has 0 heterocycles. The maximum absolute atomic E-state index is 10.0. The Morgan fingerprint density at radius 3 is 2.83 bits per heavy atom. The molecule has 1 saturated carbocycles. The number of benzene rings is 1. The third kappa shape index (κ3) is 3.01. The van der Waals surface area contributed by atoms with Crippen molar-refractivity contribution >= 4 is 11.8 Å². The normalized spacial score (nSPS) is 25.3. The molecule has 0 radical (unpaired) electrons. The minimum Gasteiger partial charge on any atom is -0.508 e. The van der Waals surface area contributed by atoms with Crippen LogP contribution in [0.25, 0.3) is 0 Å². The third-order valence-electron chi connectivity index (χ3n) is 3.87. The Labute approximate surface area is 114 Å². The molecule has 0 aliphatic heterocycles. The zero-order valence-corrected chi connectivity index (χ0v) is 12.3. The summed E-state index contributed by atoms with van der Waals surface area (Å²) in [6.07, 6.45) is 6.07. The van der Waals surface area contributed by atoms with Crippen molar-refractivity contribution in [2.75, 3.05) is 6.26 Å². The van der Waals surface area contributed by atoms with E-state index >= 15 is 0 Å². The summed E-state index contributed by atoms with van der Waals surface area (Å²) < 4.78 is 0. The van der Waals surface area contributed by atoms with Crippen LogP contribution in [0.3, 0.4) is 0 Å². The van der Waals surface area contributed by atoms with E-state index in [9.17, 15) is 5.11 Å². The Morgan fingerprint density at radius 2 is 2.17 bits per heavy atom. The van der Waals surface area contributed by atoms with Crippen LogP contribution in [0.5, 0.6) is 5.75 Å². The highest BCUT2D eigenvalue weighted by Crippen LogP contribution is 2.32. The molecule has 2 nitrogen and oxygen atoms in total. The van der Waals surface area contributed by atoms with E-state index in [1.54, 1.807) is 0 Å². The minimum absolute atomic E-state index is 0.211. The number of phenols is 1. The number of thioether (sulfide) groups is 1. The molecule has 1 aliphatic carbocycles.